The summed E-state index contributed by atoms with van der Waals surface area (Å²) in [5.41, 5.74) is 8.68. The Balaban J connectivity index is 0.000000941. The zero-order chi connectivity index (χ0) is 21.2. The lowest BCUT2D eigenvalue weighted by molar-refractivity contribution is -0.191. The molecule has 7 heteroatoms. The van der Waals surface area contributed by atoms with Crippen LogP contribution in [0.4, 0.5) is 5.69 Å². The van der Waals surface area contributed by atoms with Gasteiger partial charge in [0.15, 0.2) is 0 Å². The third-order valence-corrected chi connectivity index (χ3v) is 5.20. The maximum atomic E-state index is 12.1. The summed E-state index contributed by atoms with van der Waals surface area (Å²) >= 11 is 0. The Labute approximate surface area is 171 Å². The maximum absolute atomic E-state index is 12.1. The van der Waals surface area contributed by atoms with Gasteiger partial charge >= 0.3 is 6.15 Å². The summed E-state index contributed by atoms with van der Waals surface area (Å²) in [6.07, 6.45) is 5.19. The number of nitrogens with zero attached hydrogens (tertiary/aromatic N) is 1. The molecule has 1 saturated carbocycles. The van der Waals surface area contributed by atoms with E-state index in [0.717, 1.165) is 61.0 Å². The van der Waals surface area contributed by atoms with E-state index in [-0.39, 0.29) is 18.0 Å². The number of carbonyl (C=O) groups is 1. The van der Waals surface area contributed by atoms with E-state index in [1.807, 2.05) is 31.2 Å². The van der Waals surface area contributed by atoms with Crippen molar-refractivity contribution in [3.8, 4) is 5.75 Å². The van der Waals surface area contributed by atoms with E-state index in [0.29, 0.717) is 18.2 Å². The molecule has 1 heterocycles. The van der Waals surface area contributed by atoms with Crippen molar-refractivity contribution in [2.75, 3.05) is 18.9 Å². The largest absolute Gasteiger partial charge is 0.493 e. The molecule has 1 aromatic heterocycles. The predicted molar refractivity (Wildman–Crippen MR) is 110 cm³/mol. The van der Waals surface area contributed by atoms with Crippen molar-refractivity contribution in [2.45, 2.75) is 46.0 Å². The number of nitrogen functional groups attached to an aromatic ring is 1. The van der Waals surface area contributed by atoms with Crippen molar-refractivity contribution in [1.82, 2.24) is 10.3 Å². The Morgan fingerprint density at radius 2 is 1.97 bits per heavy atom. The molecule has 0 radical (unpaired) electrons. The van der Waals surface area contributed by atoms with E-state index in [4.69, 9.17) is 20.1 Å². The molecule has 1 aliphatic carbocycles. The number of carbonyl (C=O) groups excluding carboxylic acids is 3. The van der Waals surface area contributed by atoms with E-state index < -0.39 is 0 Å². The monoisotopic (exact) mass is 399 g/mol. The van der Waals surface area contributed by atoms with Crippen LogP contribution >= 0.6 is 0 Å². The number of rotatable bonds is 6. The highest BCUT2D eigenvalue weighted by atomic mass is 16.5. The number of anilines is 1. The fourth-order valence-corrected chi connectivity index (χ4v) is 3.73. The van der Waals surface area contributed by atoms with Crippen LogP contribution in [-0.2, 0) is 14.4 Å². The number of amides is 1. The third-order valence-electron chi connectivity index (χ3n) is 5.20. The van der Waals surface area contributed by atoms with Gasteiger partial charge in [0.25, 0.3) is 0 Å². The van der Waals surface area contributed by atoms with E-state index in [1.165, 1.54) is 0 Å². The first-order valence-corrected chi connectivity index (χ1v) is 10.1. The number of aryl methyl sites for hydroxylation is 1. The quantitative estimate of drug-likeness (QED) is 0.771. The highest BCUT2D eigenvalue weighted by molar-refractivity contribution is 5.95. The van der Waals surface area contributed by atoms with Crippen LogP contribution < -0.4 is 15.8 Å². The standard InChI is InChI=1S/C21H29N3O2.CO2/c1-3-11-23-21(25)16-9-7-15(8-10-16)13-26-19-6-4-5-18-20(19)17(22)12-14(2)24-18;2-1-3/h4-6,12,15-16H,3,7-11,13H2,1-2H3,(H2,22,24)(H,23,25);. The minimum Gasteiger partial charge on any atom is -0.493 e. The number of hydrogen-bond acceptors (Lipinski definition) is 6. The van der Waals surface area contributed by atoms with E-state index in [1.54, 1.807) is 0 Å². The Morgan fingerprint density at radius 1 is 1.28 bits per heavy atom. The molecule has 3 rings (SSSR count). The van der Waals surface area contributed by atoms with E-state index in [9.17, 15) is 4.79 Å². The van der Waals surface area contributed by atoms with Crippen LogP contribution in [-0.4, -0.2) is 30.2 Å². The molecule has 7 nitrogen and oxygen atoms in total. The van der Waals surface area contributed by atoms with Crippen LogP contribution in [0.5, 0.6) is 5.75 Å². The van der Waals surface area contributed by atoms with Gasteiger partial charge in [0, 0.05) is 23.8 Å². The van der Waals surface area contributed by atoms with Crippen molar-refractivity contribution in [2.24, 2.45) is 11.8 Å². The van der Waals surface area contributed by atoms with Crippen molar-refractivity contribution >= 4 is 28.6 Å². The number of nitrogens with two attached hydrogens (primary N) is 1. The SMILES string of the molecule is CCCNC(=O)C1CCC(COc2cccc3nc(C)cc(N)c23)CC1.O=C=O. The molecule has 0 atom stereocenters. The second kappa shape index (κ2) is 11.2. The number of hydrogen-bond donors (Lipinski definition) is 2. The summed E-state index contributed by atoms with van der Waals surface area (Å²) in [5.74, 6) is 1.67. The second-order valence-electron chi connectivity index (χ2n) is 7.41. The van der Waals surface area contributed by atoms with Gasteiger partial charge in [-0.1, -0.05) is 13.0 Å². The topological polar surface area (TPSA) is 111 Å². The lowest BCUT2D eigenvalue weighted by Crippen LogP contribution is -2.34. The predicted octanol–water partition coefficient (Wildman–Crippen LogP) is 3.25. The first-order valence-electron chi connectivity index (χ1n) is 10.1. The summed E-state index contributed by atoms with van der Waals surface area (Å²) < 4.78 is 6.12. The van der Waals surface area contributed by atoms with Gasteiger partial charge < -0.3 is 15.8 Å². The molecule has 3 N–H and O–H groups in total. The summed E-state index contributed by atoms with van der Waals surface area (Å²) in [6.45, 7) is 5.46. The van der Waals surface area contributed by atoms with Crippen LogP contribution in [0, 0.1) is 18.8 Å². The van der Waals surface area contributed by atoms with Crippen molar-refractivity contribution < 1.29 is 19.1 Å². The molecule has 0 spiro atoms. The van der Waals surface area contributed by atoms with Gasteiger partial charge in [-0.2, -0.15) is 9.59 Å². The summed E-state index contributed by atoms with van der Waals surface area (Å²) in [5, 5.41) is 3.91. The molecule has 0 aliphatic heterocycles. The number of fused-ring (bicyclic) bond motifs is 1. The number of nitrogens with one attached hydrogen (secondary N) is 1. The third kappa shape index (κ3) is 6.29. The fourth-order valence-electron chi connectivity index (χ4n) is 3.73. The molecular weight excluding hydrogens is 370 g/mol. The molecule has 0 unspecified atom stereocenters. The van der Waals surface area contributed by atoms with Gasteiger partial charge in [-0.3, -0.25) is 9.78 Å². The smallest absolute Gasteiger partial charge is 0.373 e. The van der Waals surface area contributed by atoms with Crippen molar-refractivity contribution in [3.05, 3.63) is 30.0 Å². The second-order valence-corrected chi connectivity index (χ2v) is 7.41. The minimum atomic E-state index is 0.165. The Hall–Kier alpha value is -2.92. The van der Waals surface area contributed by atoms with E-state index in [2.05, 4.69) is 17.2 Å². The molecule has 1 fully saturated rings. The van der Waals surface area contributed by atoms with Gasteiger partial charge in [-0.15, -0.1) is 0 Å². The van der Waals surface area contributed by atoms with Crippen molar-refractivity contribution in [3.63, 3.8) is 0 Å². The fraction of sp³-hybridized carbons (Fsp3) is 0.500. The highest BCUT2D eigenvalue weighted by Crippen LogP contribution is 2.33. The van der Waals surface area contributed by atoms with Gasteiger partial charge in [-0.25, -0.2) is 0 Å². The molecular formula is C22H29N3O4. The molecule has 2 aromatic rings. The van der Waals surface area contributed by atoms with Gasteiger partial charge in [0.05, 0.1) is 17.5 Å². The molecule has 0 saturated heterocycles. The lowest BCUT2D eigenvalue weighted by atomic mass is 9.82. The first-order chi connectivity index (χ1) is 14.0. The molecule has 1 aromatic carbocycles. The number of ether oxygens (including phenoxy) is 1. The van der Waals surface area contributed by atoms with Crippen LogP contribution in [0.2, 0.25) is 0 Å². The Morgan fingerprint density at radius 3 is 2.62 bits per heavy atom. The zero-order valence-corrected chi connectivity index (χ0v) is 17.1. The molecule has 0 bridgehead atoms. The summed E-state index contributed by atoms with van der Waals surface area (Å²) in [6, 6.07) is 7.76. The Kier molecular flexibility index (Phi) is 8.62. The minimum absolute atomic E-state index is 0.165. The first kappa shape index (κ1) is 22.4. The average molecular weight is 399 g/mol. The van der Waals surface area contributed by atoms with Crippen molar-refractivity contribution in [1.29, 1.82) is 0 Å². The maximum Gasteiger partial charge on any atom is 0.373 e. The van der Waals surface area contributed by atoms with Gasteiger partial charge in [0.1, 0.15) is 5.75 Å². The van der Waals surface area contributed by atoms with Gasteiger partial charge in [0.2, 0.25) is 5.91 Å². The molecule has 29 heavy (non-hydrogen) atoms. The Bertz CT molecular complexity index is 855. The van der Waals surface area contributed by atoms with Gasteiger partial charge in [-0.05, 0) is 63.1 Å². The lowest BCUT2D eigenvalue weighted by Gasteiger charge is -2.28. The number of aromatic nitrogens is 1. The molecule has 1 amide bonds. The van der Waals surface area contributed by atoms with E-state index >= 15 is 0 Å². The number of benzene rings is 1. The summed E-state index contributed by atoms with van der Waals surface area (Å²) in [7, 11) is 0. The van der Waals surface area contributed by atoms with Crippen LogP contribution in [0.1, 0.15) is 44.7 Å². The zero-order valence-electron chi connectivity index (χ0n) is 17.1. The van der Waals surface area contributed by atoms with Crippen LogP contribution in [0.15, 0.2) is 24.3 Å². The van der Waals surface area contributed by atoms with Crippen LogP contribution in [0.3, 0.4) is 0 Å². The van der Waals surface area contributed by atoms with Crippen LogP contribution in [0.25, 0.3) is 10.9 Å². The average Bonchev–Trinajstić information content (AvgIpc) is 2.71. The molecule has 156 valence electrons. The molecule has 1 aliphatic rings. The summed E-state index contributed by atoms with van der Waals surface area (Å²) in [4.78, 5) is 32.9. The highest BCUT2D eigenvalue weighted by Gasteiger charge is 2.26. The normalized spacial score (nSPS) is 18.3. The number of pyridine rings is 1.